The highest BCUT2D eigenvalue weighted by Crippen LogP contribution is 2.44. The first-order valence-corrected chi connectivity index (χ1v) is 13.5. The summed E-state index contributed by atoms with van der Waals surface area (Å²) in [6.07, 6.45) is 0.00298. The SMILES string of the molecule is Cc1cc2ccc3c(c2o1)[C@H](/C=C/N1CN([C@H](C)C(F)(F)F)C(=O)c2c(O)c(=O)ccn21)c1ccccc1SC3. The van der Waals surface area contributed by atoms with E-state index in [0.29, 0.717) is 10.7 Å². The Bertz CT molecular complexity index is 1740. The zero-order chi connectivity index (χ0) is 28.3. The average Bonchev–Trinajstić information content (AvgIpc) is 3.22. The summed E-state index contributed by atoms with van der Waals surface area (Å²) in [6.45, 7) is 2.30. The van der Waals surface area contributed by atoms with Crippen molar-refractivity contribution in [2.24, 2.45) is 0 Å². The molecule has 0 spiro atoms. The molecule has 0 saturated carbocycles. The van der Waals surface area contributed by atoms with Gasteiger partial charge in [-0.1, -0.05) is 36.4 Å². The van der Waals surface area contributed by atoms with Gasteiger partial charge < -0.3 is 14.4 Å². The summed E-state index contributed by atoms with van der Waals surface area (Å²) in [5, 5.41) is 12.8. The van der Waals surface area contributed by atoms with Gasteiger partial charge in [-0.2, -0.15) is 13.2 Å². The van der Waals surface area contributed by atoms with Crippen LogP contribution in [0.2, 0.25) is 0 Å². The van der Waals surface area contributed by atoms with Gasteiger partial charge in [-0.15, -0.1) is 11.8 Å². The third-order valence-electron chi connectivity index (χ3n) is 7.37. The molecule has 0 unspecified atom stereocenters. The lowest BCUT2D eigenvalue weighted by molar-refractivity contribution is -0.172. The highest BCUT2D eigenvalue weighted by atomic mass is 32.2. The zero-order valence-electron chi connectivity index (χ0n) is 21.5. The Morgan fingerprint density at radius 3 is 2.70 bits per heavy atom. The van der Waals surface area contributed by atoms with Gasteiger partial charge in [0.05, 0.1) is 0 Å². The number of halogens is 3. The lowest BCUT2D eigenvalue weighted by Crippen LogP contribution is -2.57. The molecule has 2 aromatic carbocycles. The fourth-order valence-electron chi connectivity index (χ4n) is 5.28. The third-order valence-corrected chi connectivity index (χ3v) is 8.51. The van der Waals surface area contributed by atoms with Crippen molar-refractivity contribution in [3.63, 3.8) is 0 Å². The van der Waals surface area contributed by atoms with Gasteiger partial charge in [0.15, 0.2) is 11.4 Å². The number of aromatic hydroxyl groups is 1. The summed E-state index contributed by atoms with van der Waals surface area (Å²) in [4.78, 5) is 26.9. The number of thioether (sulfide) groups is 1. The van der Waals surface area contributed by atoms with Crippen LogP contribution in [0.25, 0.3) is 11.0 Å². The quantitative estimate of drug-likeness (QED) is 0.334. The number of furan rings is 1. The number of amides is 1. The first-order chi connectivity index (χ1) is 19.0. The number of aromatic nitrogens is 1. The molecule has 7 nitrogen and oxygen atoms in total. The van der Waals surface area contributed by atoms with E-state index in [1.54, 1.807) is 18.0 Å². The second-order valence-electron chi connectivity index (χ2n) is 9.85. The Balaban J connectivity index is 1.51. The molecule has 4 aromatic rings. The summed E-state index contributed by atoms with van der Waals surface area (Å²) in [6, 6.07) is 12.9. The highest BCUT2D eigenvalue weighted by molar-refractivity contribution is 7.98. The Kier molecular flexibility index (Phi) is 6.21. The van der Waals surface area contributed by atoms with E-state index >= 15 is 0 Å². The topological polar surface area (TPSA) is 78.9 Å². The van der Waals surface area contributed by atoms with Crippen LogP contribution in [0.3, 0.4) is 0 Å². The van der Waals surface area contributed by atoms with Gasteiger partial charge in [0.1, 0.15) is 24.1 Å². The Morgan fingerprint density at radius 2 is 1.93 bits per heavy atom. The summed E-state index contributed by atoms with van der Waals surface area (Å²) in [7, 11) is 0. The van der Waals surface area contributed by atoms with E-state index in [1.165, 1.54) is 15.9 Å². The normalized spacial score (nSPS) is 18.0. The summed E-state index contributed by atoms with van der Waals surface area (Å²) < 4.78 is 48.5. The number of rotatable bonds is 3. The van der Waals surface area contributed by atoms with E-state index in [1.807, 2.05) is 49.4 Å². The van der Waals surface area contributed by atoms with Crippen molar-refractivity contribution in [3.05, 3.63) is 105 Å². The van der Waals surface area contributed by atoms with Crippen molar-refractivity contribution in [1.82, 2.24) is 9.58 Å². The summed E-state index contributed by atoms with van der Waals surface area (Å²) >= 11 is 1.69. The third kappa shape index (κ3) is 4.25. The molecule has 2 aliphatic heterocycles. The lowest BCUT2D eigenvalue weighted by atomic mass is 9.87. The van der Waals surface area contributed by atoms with Crippen molar-refractivity contribution < 1.29 is 27.5 Å². The molecule has 1 amide bonds. The van der Waals surface area contributed by atoms with E-state index < -0.39 is 41.7 Å². The lowest BCUT2D eigenvalue weighted by Gasteiger charge is -2.41. The van der Waals surface area contributed by atoms with Gasteiger partial charge >= 0.3 is 6.18 Å². The van der Waals surface area contributed by atoms with Crippen LogP contribution in [0.1, 0.15) is 45.8 Å². The predicted molar refractivity (Wildman–Crippen MR) is 145 cm³/mol. The van der Waals surface area contributed by atoms with Crippen LogP contribution < -0.4 is 10.4 Å². The minimum atomic E-state index is -4.71. The van der Waals surface area contributed by atoms with Crippen molar-refractivity contribution in [2.45, 2.75) is 42.6 Å². The number of allylic oxidation sites excluding steroid dienone is 1. The van der Waals surface area contributed by atoms with Crippen molar-refractivity contribution >= 4 is 28.6 Å². The van der Waals surface area contributed by atoms with Gasteiger partial charge in [0.25, 0.3) is 5.91 Å². The number of benzene rings is 2. The number of alkyl halides is 3. The molecule has 2 atom stereocenters. The van der Waals surface area contributed by atoms with Gasteiger partial charge in [-0.3, -0.25) is 19.3 Å². The Labute approximate surface area is 231 Å². The van der Waals surface area contributed by atoms with Crippen LogP contribution >= 0.6 is 11.8 Å². The largest absolute Gasteiger partial charge is 0.502 e. The monoisotopic (exact) mass is 567 g/mol. The molecule has 206 valence electrons. The minimum Gasteiger partial charge on any atom is -0.502 e. The number of aryl methyl sites for hydroxylation is 1. The maximum Gasteiger partial charge on any atom is 0.408 e. The van der Waals surface area contributed by atoms with Crippen LogP contribution in [0, 0.1) is 6.92 Å². The molecular formula is C29H24F3N3O4S. The van der Waals surface area contributed by atoms with Gasteiger partial charge in [0, 0.05) is 46.0 Å². The van der Waals surface area contributed by atoms with Crippen LogP contribution in [0.4, 0.5) is 13.2 Å². The van der Waals surface area contributed by atoms with E-state index in [4.69, 9.17) is 4.42 Å². The first kappa shape index (κ1) is 26.1. The van der Waals surface area contributed by atoms with E-state index in [-0.39, 0.29) is 5.92 Å². The van der Waals surface area contributed by atoms with E-state index in [9.17, 15) is 27.9 Å². The number of fused-ring (bicyclic) bond motifs is 5. The predicted octanol–water partition coefficient (Wildman–Crippen LogP) is 5.86. The number of hydrogen-bond donors (Lipinski definition) is 1. The molecule has 2 aliphatic rings. The van der Waals surface area contributed by atoms with Gasteiger partial charge in [-0.05, 0) is 37.1 Å². The fourth-order valence-corrected chi connectivity index (χ4v) is 6.37. The number of nitrogens with zero attached hydrogens (tertiary/aromatic N) is 3. The second-order valence-corrected chi connectivity index (χ2v) is 10.9. The maximum absolute atomic E-state index is 13.7. The fraction of sp³-hybridized carbons (Fsp3) is 0.241. The van der Waals surface area contributed by atoms with Crippen LogP contribution in [-0.4, -0.2) is 39.5 Å². The molecule has 0 aliphatic carbocycles. The van der Waals surface area contributed by atoms with Gasteiger partial charge in [-0.25, -0.2) is 0 Å². The van der Waals surface area contributed by atoms with Gasteiger partial charge in [0.2, 0.25) is 5.43 Å². The molecule has 6 rings (SSSR count). The molecule has 0 fully saturated rings. The number of carbonyl (C=O) groups is 1. The summed E-state index contributed by atoms with van der Waals surface area (Å²) in [5.41, 5.74) is 2.38. The van der Waals surface area contributed by atoms with Crippen molar-refractivity contribution in [3.8, 4) is 5.75 Å². The molecule has 0 radical (unpaired) electrons. The minimum absolute atomic E-state index is 0.335. The van der Waals surface area contributed by atoms with E-state index in [0.717, 1.165) is 51.3 Å². The standard InChI is InChI=1S/C29H24F3N3O4S/c1-16-13-18-7-8-19-14-40-23-6-4-3-5-20(23)21(24(19)27(18)39-16)9-11-33-15-34(17(2)29(30,31)32)28(38)25-26(37)22(36)10-12-35(25)33/h3-13,17,21,37H,14-15H2,1-2H3/b11-9+/t17-,21-/m1/s1. The molecule has 40 heavy (non-hydrogen) atoms. The molecule has 11 heteroatoms. The maximum atomic E-state index is 13.7. The number of carbonyl (C=O) groups excluding carboxylic acids is 1. The molecule has 2 aromatic heterocycles. The summed E-state index contributed by atoms with van der Waals surface area (Å²) in [5.74, 6) is -0.855. The molecule has 1 N–H and O–H groups in total. The van der Waals surface area contributed by atoms with Crippen molar-refractivity contribution in [1.29, 1.82) is 0 Å². The highest BCUT2D eigenvalue weighted by Gasteiger charge is 2.46. The average molecular weight is 568 g/mol. The Morgan fingerprint density at radius 1 is 1.15 bits per heavy atom. The number of hydrogen-bond acceptors (Lipinski definition) is 6. The molecule has 4 heterocycles. The molecule has 0 saturated heterocycles. The van der Waals surface area contributed by atoms with E-state index in [2.05, 4.69) is 6.07 Å². The molecule has 0 bridgehead atoms. The van der Waals surface area contributed by atoms with Crippen molar-refractivity contribution in [2.75, 3.05) is 11.7 Å². The Hall–Kier alpha value is -4.12. The smallest absolute Gasteiger partial charge is 0.408 e. The van der Waals surface area contributed by atoms with Crippen LogP contribution in [-0.2, 0) is 5.75 Å². The zero-order valence-corrected chi connectivity index (χ0v) is 22.3. The number of pyridine rings is 1. The van der Waals surface area contributed by atoms with Crippen LogP contribution in [0.5, 0.6) is 5.75 Å². The van der Waals surface area contributed by atoms with Crippen LogP contribution in [0.15, 0.2) is 81.1 Å². The second kappa shape index (κ2) is 9.51. The molecular weight excluding hydrogens is 543 g/mol. The first-order valence-electron chi connectivity index (χ1n) is 12.6.